The van der Waals surface area contributed by atoms with Gasteiger partial charge in [-0.2, -0.15) is 0 Å². The SMILES string of the molecule is C[S+]([O-])c1cccc(CC(=O)O)c1. The van der Waals surface area contributed by atoms with Gasteiger partial charge in [-0.3, -0.25) is 4.79 Å². The first kappa shape index (κ1) is 10.1. The number of benzene rings is 1. The molecule has 0 fully saturated rings. The highest BCUT2D eigenvalue weighted by Gasteiger charge is 2.06. The minimum absolute atomic E-state index is 0.0228. The molecule has 0 spiro atoms. The molecule has 0 saturated carbocycles. The van der Waals surface area contributed by atoms with E-state index < -0.39 is 17.1 Å². The van der Waals surface area contributed by atoms with Crippen LogP contribution in [0.4, 0.5) is 0 Å². The zero-order chi connectivity index (χ0) is 9.84. The molecule has 1 rings (SSSR count). The minimum atomic E-state index is -1.05. The Hall–Kier alpha value is -1.00. The van der Waals surface area contributed by atoms with E-state index in [2.05, 4.69) is 0 Å². The number of aliphatic carboxylic acids is 1. The standard InChI is InChI=1S/C9H10O3S/c1-13(12)8-4-2-3-7(5-8)6-9(10)11/h2-5H,6H2,1H3,(H,10,11). The van der Waals surface area contributed by atoms with Crippen molar-refractivity contribution in [2.45, 2.75) is 11.3 Å². The van der Waals surface area contributed by atoms with Gasteiger partial charge in [0.25, 0.3) is 0 Å². The quantitative estimate of drug-likeness (QED) is 0.738. The van der Waals surface area contributed by atoms with Gasteiger partial charge in [0.2, 0.25) is 0 Å². The summed E-state index contributed by atoms with van der Waals surface area (Å²) in [6.45, 7) is 0. The summed E-state index contributed by atoms with van der Waals surface area (Å²) >= 11 is -1.05. The summed E-state index contributed by atoms with van der Waals surface area (Å²) < 4.78 is 11.0. The van der Waals surface area contributed by atoms with Crippen LogP contribution in [0.5, 0.6) is 0 Å². The molecule has 1 atom stereocenters. The molecule has 1 unspecified atom stereocenters. The lowest BCUT2D eigenvalue weighted by Crippen LogP contribution is -2.02. The van der Waals surface area contributed by atoms with Crippen molar-refractivity contribution >= 4 is 17.1 Å². The number of hydrogen-bond acceptors (Lipinski definition) is 2. The van der Waals surface area contributed by atoms with Gasteiger partial charge in [-0.05, 0) is 28.9 Å². The van der Waals surface area contributed by atoms with Gasteiger partial charge in [-0.25, -0.2) is 0 Å². The van der Waals surface area contributed by atoms with E-state index in [0.717, 1.165) is 0 Å². The smallest absolute Gasteiger partial charge is 0.307 e. The molecule has 70 valence electrons. The highest BCUT2D eigenvalue weighted by atomic mass is 32.2. The molecular formula is C9H10O3S. The number of hydrogen-bond donors (Lipinski definition) is 1. The normalized spacial score (nSPS) is 12.5. The summed E-state index contributed by atoms with van der Waals surface area (Å²) in [5.41, 5.74) is 0.681. The Morgan fingerprint density at radius 3 is 2.85 bits per heavy atom. The van der Waals surface area contributed by atoms with Crippen LogP contribution in [0.2, 0.25) is 0 Å². The van der Waals surface area contributed by atoms with Crippen molar-refractivity contribution in [3.63, 3.8) is 0 Å². The largest absolute Gasteiger partial charge is 0.612 e. The molecule has 0 aliphatic heterocycles. The summed E-state index contributed by atoms with van der Waals surface area (Å²) in [5.74, 6) is -0.876. The maximum atomic E-state index is 11.0. The van der Waals surface area contributed by atoms with Crippen molar-refractivity contribution in [1.82, 2.24) is 0 Å². The van der Waals surface area contributed by atoms with Crippen LogP contribution in [0.25, 0.3) is 0 Å². The first-order valence-corrected chi connectivity index (χ1v) is 5.29. The molecule has 0 saturated heterocycles. The Balaban J connectivity index is 2.85. The molecule has 3 nitrogen and oxygen atoms in total. The topological polar surface area (TPSA) is 60.4 Å². The van der Waals surface area contributed by atoms with Crippen molar-refractivity contribution < 1.29 is 14.5 Å². The lowest BCUT2D eigenvalue weighted by atomic mass is 10.2. The fourth-order valence-electron chi connectivity index (χ4n) is 1.01. The third-order valence-electron chi connectivity index (χ3n) is 1.59. The van der Waals surface area contributed by atoms with Crippen molar-refractivity contribution in [3.8, 4) is 0 Å². The van der Waals surface area contributed by atoms with E-state index in [1.165, 1.54) is 0 Å². The van der Waals surface area contributed by atoms with Gasteiger partial charge in [-0.15, -0.1) is 0 Å². The lowest BCUT2D eigenvalue weighted by molar-refractivity contribution is -0.136. The van der Waals surface area contributed by atoms with Crippen LogP contribution in [0.1, 0.15) is 5.56 Å². The number of carboxylic acid groups (broad SMARTS) is 1. The fourth-order valence-corrected chi connectivity index (χ4v) is 1.60. The second kappa shape index (κ2) is 4.30. The predicted molar refractivity (Wildman–Crippen MR) is 50.1 cm³/mol. The van der Waals surface area contributed by atoms with Gasteiger partial charge in [0.05, 0.1) is 6.42 Å². The van der Waals surface area contributed by atoms with Crippen LogP contribution in [0.3, 0.4) is 0 Å². The minimum Gasteiger partial charge on any atom is -0.612 e. The molecule has 1 aromatic rings. The molecule has 0 aliphatic rings. The van der Waals surface area contributed by atoms with E-state index in [0.29, 0.717) is 10.5 Å². The summed E-state index contributed by atoms with van der Waals surface area (Å²) in [6.07, 6.45) is 1.55. The molecule has 1 N–H and O–H groups in total. The van der Waals surface area contributed by atoms with E-state index in [9.17, 15) is 9.35 Å². The third-order valence-corrected chi connectivity index (χ3v) is 2.50. The molecular weight excluding hydrogens is 188 g/mol. The fraction of sp³-hybridized carbons (Fsp3) is 0.222. The van der Waals surface area contributed by atoms with E-state index in [-0.39, 0.29) is 6.42 Å². The zero-order valence-corrected chi connectivity index (χ0v) is 8.00. The molecule has 0 heterocycles. The lowest BCUT2D eigenvalue weighted by Gasteiger charge is -2.04. The number of carbonyl (C=O) groups is 1. The molecule has 0 aliphatic carbocycles. The molecule has 0 radical (unpaired) electrons. The van der Waals surface area contributed by atoms with Gasteiger partial charge in [0.1, 0.15) is 6.26 Å². The van der Waals surface area contributed by atoms with Crippen LogP contribution in [-0.4, -0.2) is 21.9 Å². The first-order valence-electron chi connectivity index (χ1n) is 3.74. The molecule has 13 heavy (non-hydrogen) atoms. The predicted octanol–water partition coefficient (Wildman–Crippen LogP) is 1.05. The molecule has 0 amide bonds. The van der Waals surface area contributed by atoms with Crippen LogP contribution in [-0.2, 0) is 22.4 Å². The summed E-state index contributed by atoms with van der Waals surface area (Å²) in [7, 11) is 0. The van der Waals surface area contributed by atoms with Crippen LogP contribution in [0, 0.1) is 0 Å². The zero-order valence-electron chi connectivity index (χ0n) is 7.19. The van der Waals surface area contributed by atoms with Crippen molar-refractivity contribution in [2.24, 2.45) is 0 Å². The number of carboxylic acids is 1. The molecule has 4 heteroatoms. The highest BCUT2D eigenvalue weighted by Crippen LogP contribution is 2.11. The monoisotopic (exact) mass is 198 g/mol. The third kappa shape index (κ3) is 3.08. The second-order valence-corrected chi connectivity index (χ2v) is 4.05. The van der Waals surface area contributed by atoms with Gasteiger partial charge < -0.3 is 9.66 Å². The summed E-state index contributed by atoms with van der Waals surface area (Å²) in [4.78, 5) is 11.0. The van der Waals surface area contributed by atoms with Crippen LogP contribution < -0.4 is 0 Å². The van der Waals surface area contributed by atoms with Crippen molar-refractivity contribution in [3.05, 3.63) is 29.8 Å². The van der Waals surface area contributed by atoms with Crippen LogP contribution in [0.15, 0.2) is 29.2 Å². The van der Waals surface area contributed by atoms with Gasteiger partial charge in [0.15, 0.2) is 4.90 Å². The Morgan fingerprint density at radius 1 is 1.62 bits per heavy atom. The van der Waals surface area contributed by atoms with E-state index in [4.69, 9.17) is 5.11 Å². The van der Waals surface area contributed by atoms with Gasteiger partial charge >= 0.3 is 5.97 Å². The number of rotatable bonds is 3. The van der Waals surface area contributed by atoms with E-state index in [1.807, 2.05) is 0 Å². The Bertz CT molecular complexity index is 309. The Kier molecular flexibility index (Phi) is 3.33. The summed E-state index contributed by atoms with van der Waals surface area (Å²) in [6, 6.07) is 6.81. The van der Waals surface area contributed by atoms with E-state index >= 15 is 0 Å². The van der Waals surface area contributed by atoms with Crippen molar-refractivity contribution in [1.29, 1.82) is 0 Å². The first-order chi connectivity index (χ1) is 6.09. The molecule has 0 bridgehead atoms. The Labute approximate surface area is 79.6 Å². The Morgan fingerprint density at radius 2 is 2.31 bits per heavy atom. The van der Waals surface area contributed by atoms with Gasteiger partial charge in [0, 0.05) is 0 Å². The van der Waals surface area contributed by atoms with E-state index in [1.54, 1.807) is 30.5 Å². The average Bonchev–Trinajstić information content (AvgIpc) is 2.03. The summed E-state index contributed by atoms with van der Waals surface area (Å²) in [5, 5.41) is 8.52. The van der Waals surface area contributed by atoms with Crippen molar-refractivity contribution in [2.75, 3.05) is 6.26 Å². The second-order valence-electron chi connectivity index (χ2n) is 2.67. The molecule has 0 aromatic heterocycles. The maximum absolute atomic E-state index is 11.0. The highest BCUT2D eigenvalue weighted by molar-refractivity contribution is 7.90. The van der Waals surface area contributed by atoms with Gasteiger partial charge in [-0.1, -0.05) is 12.1 Å². The van der Waals surface area contributed by atoms with Crippen LogP contribution >= 0.6 is 0 Å². The average molecular weight is 198 g/mol. The maximum Gasteiger partial charge on any atom is 0.307 e. The molecule has 1 aromatic carbocycles.